The van der Waals surface area contributed by atoms with Crippen LogP contribution in [0.4, 0.5) is 17.1 Å². The average Bonchev–Trinajstić information content (AvgIpc) is 3.91. The van der Waals surface area contributed by atoms with Gasteiger partial charge in [0.25, 0.3) is 0 Å². The highest BCUT2D eigenvalue weighted by atomic mass is 16.5. The molecule has 0 unspecified atom stereocenters. The number of anilines is 3. The molecule has 0 atom stereocenters. The summed E-state index contributed by atoms with van der Waals surface area (Å²) < 4.78 is 13.2. The lowest BCUT2D eigenvalue weighted by Gasteiger charge is -2.39. The zero-order valence-corrected chi connectivity index (χ0v) is 41.9. The number of benzene rings is 12. The third-order valence-electron chi connectivity index (χ3n) is 16.8. The first-order valence-corrected chi connectivity index (χ1v) is 26.6. The van der Waals surface area contributed by atoms with E-state index >= 15 is 0 Å². The lowest BCUT2D eigenvalue weighted by atomic mass is 9.66. The summed E-state index contributed by atoms with van der Waals surface area (Å²) in [7, 11) is 0. The normalized spacial score (nSPS) is 13.9. The van der Waals surface area contributed by atoms with E-state index in [9.17, 15) is 0 Å². The smallest absolute Gasteiger partial charge is 0.132 e. The van der Waals surface area contributed by atoms with Crippen molar-refractivity contribution < 1.29 is 9.47 Å². The maximum Gasteiger partial charge on any atom is 0.132 e. The van der Waals surface area contributed by atoms with Crippen molar-refractivity contribution in [2.45, 2.75) is 10.8 Å². The van der Waals surface area contributed by atoms with Gasteiger partial charge in [0.05, 0.1) is 10.8 Å². The molecule has 0 saturated carbocycles. The molecule has 0 radical (unpaired) electrons. The third-order valence-corrected chi connectivity index (χ3v) is 16.8. The molecule has 0 amide bonds. The Labute approximate surface area is 448 Å². The fourth-order valence-corrected chi connectivity index (χ4v) is 13.6. The standard InChI is InChI=1S/C74H47NO2/c1-2-18-48(19-3-1)50-20-16-22-55(44-50)75(54-40-36-49(37-41-54)52-38-42-63-59(46-52)57-24-4-6-26-61(57)73(63)65-28-8-12-32-69(65)76-70-33-13-9-29-66(70)73)56-23-17-21-51(45-56)53-39-43-64-60(47-53)58-25-5-7-27-62(58)74(64)67-30-10-14-34-71(67)77-72-35-15-11-31-68(72)74/h1-47H. The topological polar surface area (TPSA) is 21.7 Å². The monoisotopic (exact) mass is 981 g/mol. The van der Waals surface area contributed by atoms with Gasteiger partial charge in [-0.15, -0.1) is 0 Å². The van der Waals surface area contributed by atoms with E-state index in [1.807, 2.05) is 0 Å². The minimum Gasteiger partial charge on any atom is -0.457 e. The maximum absolute atomic E-state index is 6.62. The summed E-state index contributed by atoms with van der Waals surface area (Å²) in [6.07, 6.45) is 0. The summed E-state index contributed by atoms with van der Waals surface area (Å²) in [4.78, 5) is 2.40. The SMILES string of the molecule is c1ccc(-c2cccc(N(c3ccc(-c4ccc5c(c4)-c4ccccc4C54c5ccccc5Oc5ccccc54)cc3)c3cccc(-c4ccc5c(c4)-c4ccccc4C54c5ccccc5Oc5ccccc54)c3)c2)cc1. The van der Waals surface area contributed by atoms with Crippen molar-refractivity contribution in [3.05, 3.63) is 330 Å². The minimum atomic E-state index is -0.514. The van der Waals surface area contributed by atoms with Crippen molar-refractivity contribution in [3.8, 4) is 78.6 Å². The summed E-state index contributed by atoms with van der Waals surface area (Å²) in [6, 6.07) is 104. The molecule has 2 aliphatic heterocycles. The molecule has 77 heavy (non-hydrogen) atoms. The van der Waals surface area contributed by atoms with Crippen LogP contribution in [0.1, 0.15) is 44.5 Å². The van der Waals surface area contributed by atoms with E-state index in [4.69, 9.17) is 9.47 Å². The molecule has 16 rings (SSSR count). The van der Waals surface area contributed by atoms with Crippen molar-refractivity contribution in [1.29, 1.82) is 0 Å². The largest absolute Gasteiger partial charge is 0.457 e. The van der Waals surface area contributed by atoms with Crippen molar-refractivity contribution in [1.82, 2.24) is 0 Å². The summed E-state index contributed by atoms with van der Waals surface area (Å²) in [5.74, 6) is 3.60. The van der Waals surface area contributed by atoms with Gasteiger partial charge in [-0.3, -0.25) is 0 Å². The molecular formula is C74H47NO2. The molecule has 2 aliphatic carbocycles. The quantitative estimate of drug-likeness (QED) is 0.166. The number of hydrogen-bond donors (Lipinski definition) is 0. The molecular weight excluding hydrogens is 935 g/mol. The van der Waals surface area contributed by atoms with E-state index in [-0.39, 0.29) is 0 Å². The fraction of sp³-hybridized carbons (Fsp3) is 0.0270. The Bertz CT molecular complexity index is 4270. The molecule has 0 fully saturated rings. The Morgan fingerprint density at radius 3 is 1.00 bits per heavy atom. The number of hydrogen-bond acceptors (Lipinski definition) is 3. The third kappa shape index (κ3) is 6.26. The van der Waals surface area contributed by atoms with Crippen LogP contribution in [-0.4, -0.2) is 0 Å². The van der Waals surface area contributed by atoms with Crippen molar-refractivity contribution in [2.24, 2.45) is 0 Å². The van der Waals surface area contributed by atoms with E-state index in [0.717, 1.165) is 62.3 Å². The summed E-state index contributed by atoms with van der Waals surface area (Å²) in [5.41, 5.74) is 23.9. The highest BCUT2D eigenvalue weighted by molar-refractivity contribution is 5.93. The molecule has 2 spiro atoms. The first-order chi connectivity index (χ1) is 38.2. The molecule has 2 heterocycles. The molecule has 0 saturated heterocycles. The zero-order chi connectivity index (χ0) is 50.7. The summed E-state index contributed by atoms with van der Waals surface area (Å²) in [5, 5.41) is 0. The summed E-state index contributed by atoms with van der Waals surface area (Å²) in [6.45, 7) is 0. The average molecular weight is 982 g/mol. The zero-order valence-electron chi connectivity index (χ0n) is 41.9. The number of para-hydroxylation sites is 4. The first kappa shape index (κ1) is 43.4. The molecule has 12 aromatic rings. The van der Waals surface area contributed by atoms with Crippen LogP contribution in [0.2, 0.25) is 0 Å². The number of rotatable bonds is 6. The Kier molecular flexibility index (Phi) is 9.47. The van der Waals surface area contributed by atoms with Gasteiger partial charge in [0.2, 0.25) is 0 Å². The van der Waals surface area contributed by atoms with Crippen LogP contribution in [0.5, 0.6) is 23.0 Å². The van der Waals surface area contributed by atoms with E-state index in [2.05, 4.69) is 290 Å². The highest BCUT2D eigenvalue weighted by Gasteiger charge is 2.52. The van der Waals surface area contributed by atoms with E-state index in [1.165, 1.54) is 77.9 Å². The van der Waals surface area contributed by atoms with Crippen LogP contribution in [0.3, 0.4) is 0 Å². The van der Waals surface area contributed by atoms with Crippen LogP contribution in [-0.2, 0) is 10.8 Å². The lowest BCUT2D eigenvalue weighted by molar-refractivity contribution is 0.436. The predicted molar refractivity (Wildman–Crippen MR) is 312 cm³/mol. The Morgan fingerprint density at radius 2 is 0.532 bits per heavy atom. The van der Waals surface area contributed by atoms with Gasteiger partial charge in [0, 0.05) is 39.3 Å². The first-order valence-electron chi connectivity index (χ1n) is 26.6. The van der Waals surface area contributed by atoms with Crippen LogP contribution in [0.25, 0.3) is 55.6 Å². The molecule has 3 heteroatoms. The Balaban J connectivity index is 0.812. The second-order valence-corrected chi connectivity index (χ2v) is 20.6. The molecule has 3 nitrogen and oxygen atoms in total. The summed E-state index contributed by atoms with van der Waals surface area (Å²) >= 11 is 0. The molecule has 0 aromatic heterocycles. The van der Waals surface area contributed by atoms with Gasteiger partial charge in [-0.05, 0) is 151 Å². The lowest BCUT2D eigenvalue weighted by Crippen LogP contribution is -2.32. The molecule has 360 valence electrons. The van der Waals surface area contributed by atoms with Crippen molar-refractivity contribution >= 4 is 17.1 Å². The van der Waals surface area contributed by atoms with E-state index in [0.29, 0.717) is 0 Å². The Morgan fingerprint density at radius 1 is 0.208 bits per heavy atom. The van der Waals surface area contributed by atoms with Crippen LogP contribution in [0, 0.1) is 0 Å². The maximum atomic E-state index is 6.62. The highest BCUT2D eigenvalue weighted by Crippen LogP contribution is 2.64. The molecule has 12 aromatic carbocycles. The van der Waals surface area contributed by atoms with Gasteiger partial charge in [0.1, 0.15) is 23.0 Å². The van der Waals surface area contributed by atoms with Gasteiger partial charge < -0.3 is 14.4 Å². The molecule has 0 N–H and O–H groups in total. The predicted octanol–water partition coefficient (Wildman–Crippen LogP) is 19.1. The van der Waals surface area contributed by atoms with Gasteiger partial charge in [-0.2, -0.15) is 0 Å². The van der Waals surface area contributed by atoms with Crippen LogP contribution in [0.15, 0.2) is 285 Å². The van der Waals surface area contributed by atoms with Crippen LogP contribution < -0.4 is 14.4 Å². The number of nitrogens with zero attached hydrogens (tertiary/aromatic N) is 1. The van der Waals surface area contributed by atoms with Crippen LogP contribution >= 0.6 is 0 Å². The number of ether oxygens (including phenoxy) is 2. The minimum absolute atomic E-state index is 0.501. The van der Waals surface area contributed by atoms with Gasteiger partial charge >= 0.3 is 0 Å². The second kappa shape index (κ2) is 16.8. The van der Waals surface area contributed by atoms with Gasteiger partial charge in [-0.25, -0.2) is 0 Å². The van der Waals surface area contributed by atoms with E-state index < -0.39 is 10.8 Å². The van der Waals surface area contributed by atoms with Gasteiger partial charge in [-0.1, -0.05) is 212 Å². The second-order valence-electron chi connectivity index (χ2n) is 20.6. The van der Waals surface area contributed by atoms with Crippen molar-refractivity contribution in [3.63, 3.8) is 0 Å². The van der Waals surface area contributed by atoms with Crippen molar-refractivity contribution in [2.75, 3.05) is 4.90 Å². The number of fused-ring (bicyclic) bond motifs is 18. The molecule has 0 bridgehead atoms. The van der Waals surface area contributed by atoms with E-state index in [1.54, 1.807) is 0 Å². The van der Waals surface area contributed by atoms with Gasteiger partial charge in [0.15, 0.2) is 0 Å². The fourth-order valence-electron chi connectivity index (χ4n) is 13.6. The molecule has 4 aliphatic rings. The Hall–Kier alpha value is -9.96.